The summed E-state index contributed by atoms with van der Waals surface area (Å²) in [6.45, 7) is 3.13. The molecule has 4 rings (SSSR count). The quantitative estimate of drug-likeness (QED) is 0.359. The molecule has 0 aliphatic carbocycles. The molecule has 9 nitrogen and oxygen atoms in total. The van der Waals surface area contributed by atoms with Gasteiger partial charge >= 0.3 is 0 Å². The summed E-state index contributed by atoms with van der Waals surface area (Å²) in [5, 5.41) is 21.9. The van der Waals surface area contributed by atoms with E-state index >= 15 is 0 Å². The van der Waals surface area contributed by atoms with Crippen LogP contribution in [0.2, 0.25) is 0 Å². The van der Waals surface area contributed by atoms with Crippen molar-refractivity contribution in [3.05, 3.63) is 70.6 Å². The fourth-order valence-electron chi connectivity index (χ4n) is 3.57. The van der Waals surface area contributed by atoms with Gasteiger partial charge in [0, 0.05) is 19.4 Å². The predicted molar refractivity (Wildman–Crippen MR) is 126 cm³/mol. The Balaban J connectivity index is 1.67. The lowest BCUT2D eigenvalue weighted by Gasteiger charge is -2.07. The van der Waals surface area contributed by atoms with E-state index < -0.39 is 0 Å². The number of fused-ring (bicyclic) bond motifs is 1. The highest BCUT2D eigenvalue weighted by Crippen LogP contribution is 2.38. The maximum atomic E-state index is 13.0. The Labute approximate surface area is 188 Å². The average molecular weight is 449 g/mol. The third-order valence-corrected chi connectivity index (χ3v) is 5.35. The summed E-state index contributed by atoms with van der Waals surface area (Å²) in [5.74, 6) is -0.685. The predicted octanol–water partition coefficient (Wildman–Crippen LogP) is 4.29. The topological polar surface area (TPSA) is 106 Å². The maximum absolute atomic E-state index is 13.0. The molecule has 2 N–H and O–H groups in total. The molecule has 2 heterocycles. The number of hydrogen-bond acceptors (Lipinski definition) is 5. The van der Waals surface area contributed by atoms with Crippen molar-refractivity contribution in [1.82, 2.24) is 13.9 Å². The van der Waals surface area contributed by atoms with Crippen LogP contribution in [0, 0.1) is 6.92 Å². The first kappa shape index (κ1) is 21.2. The van der Waals surface area contributed by atoms with Crippen LogP contribution in [0.3, 0.4) is 0 Å². The minimum atomic E-state index is -0.359. The summed E-state index contributed by atoms with van der Waals surface area (Å²) < 4.78 is 4.38. The molecule has 4 aromatic rings. The number of carbonyl (C=O) groups excluding carboxylic acids is 1. The highest BCUT2D eigenvalue weighted by molar-refractivity contribution is 7.80. The zero-order chi connectivity index (χ0) is 23.0. The first-order valence-corrected chi connectivity index (χ1v) is 10.1. The van der Waals surface area contributed by atoms with Crippen molar-refractivity contribution >= 4 is 45.5 Å². The lowest BCUT2D eigenvalue weighted by molar-refractivity contribution is 0.0933. The molecule has 0 radical (unpaired) electrons. The van der Waals surface area contributed by atoms with Crippen LogP contribution in [0.15, 0.2) is 69.6 Å². The Hall–Kier alpha value is -4.05. The summed E-state index contributed by atoms with van der Waals surface area (Å²) in [4.78, 5) is 24.9. The first-order valence-electron chi connectivity index (χ1n) is 9.71. The smallest absolute Gasteiger partial charge is 0.295 e. The van der Waals surface area contributed by atoms with E-state index in [4.69, 9.17) is 12.2 Å². The molecule has 0 saturated carbocycles. The van der Waals surface area contributed by atoms with Crippen LogP contribution in [-0.2, 0) is 7.05 Å². The van der Waals surface area contributed by atoms with Crippen LogP contribution in [0.4, 0.5) is 11.4 Å². The van der Waals surface area contributed by atoms with Gasteiger partial charge in [-0.15, -0.1) is 10.2 Å². The van der Waals surface area contributed by atoms with E-state index in [1.54, 1.807) is 42.9 Å². The second-order valence-corrected chi connectivity index (χ2v) is 7.50. The van der Waals surface area contributed by atoms with Gasteiger partial charge in [0.05, 0.1) is 16.9 Å². The number of nitrogens with one attached hydrogen (secondary N) is 1. The lowest BCUT2D eigenvalue weighted by atomic mass is 10.2. The fraction of sp³-hybridized carbons (Fsp3) is 0.136. The molecule has 2 aromatic heterocycles. The molecule has 0 amide bonds. The summed E-state index contributed by atoms with van der Waals surface area (Å²) in [6.07, 6.45) is 0. The Bertz CT molecular complexity index is 1450. The minimum Gasteiger partial charge on any atom is -0.493 e. The van der Waals surface area contributed by atoms with Gasteiger partial charge in [-0.05, 0) is 37.3 Å². The molecule has 162 valence electrons. The van der Waals surface area contributed by atoms with E-state index in [1.807, 2.05) is 30.3 Å². The second kappa shape index (κ2) is 8.23. The first-order chi connectivity index (χ1) is 15.3. The number of para-hydroxylation sites is 2. The number of carbonyl (C=O) groups is 1. The zero-order valence-electron chi connectivity index (χ0n) is 17.6. The number of aromatic nitrogens is 3. The van der Waals surface area contributed by atoms with Crippen molar-refractivity contribution in [2.24, 2.45) is 17.3 Å². The van der Waals surface area contributed by atoms with Gasteiger partial charge in [0.15, 0.2) is 5.69 Å². The van der Waals surface area contributed by atoms with Gasteiger partial charge in [0.25, 0.3) is 5.56 Å². The van der Waals surface area contributed by atoms with Crippen LogP contribution in [0.1, 0.15) is 17.4 Å². The molecular formula is C22H20N6O3S. The van der Waals surface area contributed by atoms with Gasteiger partial charge in [0.2, 0.25) is 16.9 Å². The number of azo groups is 1. The Kier molecular flexibility index (Phi) is 5.45. The van der Waals surface area contributed by atoms with Gasteiger partial charge in [-0.25, -0.2) is 9.25 Å². The van der Waals surface area contributed by atoms with Crippen LogP contribution in [0.25, 0.3) is 16.6 Å². The van der Waals surface area contributed by atoms with Crippen LogP contribution in [-0.4, -0.2) is 30.1 Å². The highest BCUT2D eigenvalue weighted by Gasteiger charge is 2.20. The number of aromatic hydroxyl groups is 1. The summed E-state index contributed by atoms with van der Waals surface area (Å²) in [7, 11) is 1.77. The molecule has 0 fully saturated rings. The van der Waals surface area contributed by atoms with Gasteiger partial charge in [-0.1, -0.05) is 36.4 Å². The number of benzene rings is 2. The monoisotopic (exact) mass is 448 g/mol. The zero-order valence-corrected chi connectivity index (χ0v) is 18.4. The molecule has 0 unspecified atom stereocenters. The molecular weight excluding hydrogens is 428 g/mol. The number of thiocarbonyl (C=S) groups is 1. The Morgan fingerprint density at radius 2 is 1.75 bits per heavy atom. The number of rotatable bonds is 3. The third kappa shape index (κ3) is 3.50. The number of nitrogens with zero attached hydrogens (tertiary/aromatic N) is 5. The molecule has 0 atom stereocenters. The summed E-state index contributed by atoms with van der Waals surface area (Å²) in [5.41, 5.74) is 1.99. The summed E-state index contributed by atoms with van der Waals surface area (Å²) >= 11 is 5.26. The van der Waals surface area contributed by atoms with Crippen molar-refractivity contribution in [3.63, 3.8) is 0 Å². The summed E-state index contributed by atoms with van der Waals surface area (Å²) in [6, 6.07) is 16.2. The van der Waals surface area contributed by atoms with E-state index in [9.17, 15) is 14.7 Å². The Morgan fingerprint density at radius 3 is 2.44 bits per heavy atom. The normalized spacial score (nSPS) is 11.3. The van der Waals surface area contributed by atoms with Gasteiger partial charge in [0.1, 0.15) is 5.69 Å². The molecule has 10 heteroatoms. The van der Waals surface area contributed by atoms with Crippen molar-refractivity contribution in [3.8, 4) is 11.6 Å². The molecule has 0 aliphatic rings. The SMILES string of the molecule is CC(=O)n1c(O)c(N=NC(=S)Nc2c(C)n(C)n(-c3ccccc3)c2=O)c2ccccc21. The lowest BCUT2D eigenvalue weighted by Crippen LogP contribution is -2.21. The molecule has 0 spiro atoms. The maximum Gasteiger partial charge on any atom is 0.295 e. The second-order valence-electron chi connectivity index (χ2n) is 7.11. The molecule has 0 saturated heterocycles. The van der Waals surface area contributed by atoms with Crippen molar-refractivity contribution in [2.75, 3.05) is 5.32 Å². The molecule has 32 heavy (non-hydrogen) atoms. The van der Waals surface area contributed by atoms with Crippen LogP contribution < -0.4 is 10.9 Å². The number of anilines is 1. The van der Waals surface area contributed by atoms with Gasteiger partial charge in [-0.3, -0.25) is 14.3 Å². The largest absolute Gasteiger partial charge is 0.493 e. The van der Waals surface area contributed by atoms with Crippen molar-refractivity contribution < 1.29 is 9.90 Å². The van der Waals surface area contributed by atoms with E-state index in [-0.39, 0.29) is 33.8 Å². The van der Waals surface area contributed by atoms with Crippen molar-refractivity contribution in [2.45, 2.75) is 13.8 Å². The standard InChI is InChI=1S/C22H20N6O3S/c1-13-18(21(31)28(26(13)3)15-9-5-4-6-10-15)23-22(32)25-24-19-16-11-7-8-12-17(16)27(14(2)29)20(19)30/h4-12,30H,1-3H3,(H,23,32). The molecule has 0 bridgehead atoms. The van der Waals surface area contributed by atoms with E-state index in [1.165, 1.54) is 11.6 Å². The van der Waals surface area contributed by atoms with Crippen LogP contribution in [0.5, 0.6) is 5.88 Å². The minimum absolute atomic E-state index is 0.0601. The van der Waals surface area contributed by atoms with E-state index in [2.05, 4.69) is 15.5 Å². The van der Waals surface area contributed by atoms with E-state index in [0.29, 0.717) is 22.3 Å². The molecule has 2 aromatic carbocycles. The van der Waals surface area contributed by atoms with E-state index in [0.717, 1.165) is 4.57 Å². The highest BCUT2D eigenvalue weighted by atomic mass is 32.1. The van der Waals surface area contributed by atoms with Gasteiger partial charge < -0.3 is 10.4 Å². The van der Waals surface area contributed by atoms with Crippen molar-refractivity contribution in [1.29, 1.82) is 0 Å². The fourth-order valence-corrected chi connectivity index (χ4v) is 3.71. The van der Waals surface area contributed by atoms with Crippen LogP contribution >= 0.6 is 12.2 Å². The Morgan fingerprint density at radius 1 is 1.09 bits per heavy atom. The number of hydrogen-bond donors (Lipinski definition) is 2. The third-order valence-electron chi connectivity index (χ3n) is 5.17. The van der Waals surface area contributed by atoms with Gasteiger partial charge in [-0.2, -0.15) is 0 Å². The average Bonchev–Trinajstić information content (AvgIpc) is 3.17. The molecule has 0 aliphatic heterocycles.